The summed E-state index contributed by atoms with van der Waals surface area (Å²) in [6, 6.07) is 0. The number of nitrogens with one attached hydrogen (secondary N) is 2. The minimum absolute atomic E-state index is 0. The van der Waals surface area contributed by atoms with Crippen LogP contribution in [0, 0.1) is 5.92 Å². The van der Waals surface area contributed by atoms with Gasteiger partial charge in [-0.25, -0.2) is 9.67 Å². The summed E-state index contributed by atoms with van der Waals surface area (Å²) in [5, 5.41) is 10.2. The number of likely N-dealkylation sites (tertiary alicyclic amines) is 1. The Labute approximate surface area is 154 Å². The standard InChI is InChI=1S/C16H26N6O2.ClH/c23-14(21-8-3-1-2-4-9-21)11-22-12-18-16(20-22)19-15(24)13-6-5-7-17-10-13;/h12-13,17H,1-11H2,(H,19,20,24);1H. The lowest BCUT2D eigenvalue weighted by molar-refractivity contribution is -0.132. The van der Waals surface area contributed by atoms with Gasteiger partial charge >= 0.3 is 0 Å². The van der Waals surface area contributed by atoms with Gasteiger partial charge in [0.25, 0.3) is 0 Å². The van der Waals surface area contributed by atoms with Gasteiger partial charge in [0.05, 0.1) is 5.92 Å². The Morgan fingerprint density at radius 1 is 1.20 bits per heavy atom. The smallest absolute Gasteiger partial charge is 0.248 e. The van der Waals surface area contributed by atoms with Gasteiger partial charge in [0, 0.05) is 19.6 Å². The molecule has 1 aromatic heterocycles. The quantitative estimate of drug-likeness (QED) is 0.826. The predicted octanol–water partition coefficient (Wildman–Crippen LogP) is 1.04. The van der Waals surface area contributed by atoms with Crippen LogP contribution in [-0.4, -0.2) is 57.7 Å². The highest BCUT2D eigenvalue weighted by atomic mass is 35.5. The molecule has 0 bridgehead atoms. The Morgan fingerprint density at radius 2 is 1.96 bits per heavy atom. The molecule has 1 aromatic rings. The number of halogens is 1. The molecule has 1 atom stereocenters. The van der Waals surface area contributed by atoms with Crippen molar-refractivity contribution in [2.45, 2.75) is 45.1 Å². The summed E-state index contributed by atoms with van der Waals surface area (Å²) in [6.45, 7) is 3.49. The van der Waals surface area contributed by atoms with Crippen LogP contribution in [0.1, 0.15) is 38.5 Å². The lowest BCUT2D eigenvalue weighted by Gasteiger charge is -2.21. The van der Waals surface area contributed by atoms with Gasteiger partial charge in [0.2, 0.25) is 17.8 Å². The van der Waals surface area contributed by atoms with E-state index in [9.17, 15) is 9.59 Å². The zero-order valence-electron chi connectivity index (χ0n) is 14.4. The molecule has 2 saturated heterocycles. The maximum Gasteiger partial charge on any atom is 0.248 e. The number of nitrogens with zero attached hydrogens (tertiary/aromatic N) is 4. The van der Waals surface area contributed by atoms with Crippen LogP contribution in [0.4, 0.5) is 5.95 Å². The number of anilines is 1. The van der Waals surface area contributed by atoms with Gasteiger partial charge in [0.1, 0.15) is 12.9 Å². The van der Waals surface area contributed by atoms with Crippen LogP contribution < -0.4 is 10.6 Å². The van der Waals surface area contributed by atoms with E-state index in [1.54, 1.807) is 0 Å². The van der Waals surface area contributed by atoms with Gasteiger partial charge in [-0.2, -0.15) is 0 Å². The van der Waals surface area contributed by atoms with Gasteiger partial charge in [-0.3, -0.25) is 14.9 Å². The van der Waals surface area contributed by atoms with E-state index in [4.69, 9.17) is 0 Å². The second-order valence-corrected chi connectivity index (χ2v) is 6.59. The molecule has 9 heteroatoms. The van der Waals surface area contributed by atoms with Crippen LogP contribution in [0.25, 0.3) is 0 Å². The first-order valence-electron chi connectivity index (χ1n) is 8.91. The average Bonchev–Trinajstić information content (AvgIpc) is 2.86. The number of carbonyl (C=O) groups is 2. The maximum absolute atomic E-state index is 12.3. The van der Waals surface area contributed by atoms with Crippen LogP contribution >= 0.6 is 12.4 Å². The fraction of sp³-hybridized carbons (Fsp3) is 0.750. The second-order valence-electron chi connectivity index (χ2n) is 6.59. The molecule has 2 aliphatic heterocycles. The van der Waals surface area contributed by atoms with E-state index in [1.807, 2.05) is 4.90 Å². The predicted molar refractivity (Wildman–Crippen MR) is 96.5 cm³/mol. The van der Waals surface area contributed by atoms with Crippen molar-refractivity contribution in [1.82, 2.24) is 25.0 Å². The van der Waals surface area contributed by atoms with Crippen LogP contribution in [0.5, 0.6) is 0 Å². The molecule has 0 radical (unpaired) electrons. The Morgan fingerprint density at radius 3 is 2.64 bits per heavy atom. The molecule has 25 heavy (non-hydrogen) atoms. The van der Waals surface area contributed by atoms with Crippen LogP contribution in [-0.2, 0) is 16.1 Å². The first-order chi connectivity index (χ1) is 11.7. The zero-order chi connectivity index (χ0) is 16.8. The number of carbonyl (C=O) groups excluding carboxylic acids is 2. The minimum Gasteiger partial charge on any atom is -0.341 e. The molecule has 140 valence electrons. The summed E-state index contributed by atoms with van der Waals surface area (Å²) in [6.07, 6.45) is 7.92. The lowest BCUT2D eigenvalue weighted by Crippen LogP contribution is -2.37. The zero-order valence-corrected chi connectivity index (χ0v) is 15.3. The van der Waals surface area contributed by atoms with Gasteiger partial charge < -0.3 is 10.2 Å². The van der Waals surface area contributed by atoms with E-state index in [1.165, 1.54) is 23.9 Å². The lowest BCUT2D eigenvalue weighted by atomic mass is 9.99. The van der Waals surface area contributed by atoms with E-state index in [2.05, 4.69) is 20.7 Å². The number of rotatable bonds is 4. The molecular weight excluding hydrogens is 344 g/mol. The maximum atomic E-state index is 12.3. The molecule has 2 N–H and O–H groups in total. The van der Waals surface area contributed by atoms with Crippen molar-refractivity contribution in [3.05, 3.63) is 6.33 Å². The summed E-state index contributed by atoms with van der Waals surface area (Å²) in [5.74, 6) is 0.244. The molecule has 2 fully saturated rings. The monoisotopic (exact) mass is 370 g/mol. The fourth-order valence-electron chi connectivity index (χ4n) is 3.27. The summed E-state index contributed by atoms with van der Waals surface area (Å²) in [7, 11) is 0. The number of aromatic nitrogens is 3. The molecule has 0 aromatic carbocycles. The highest BCUT2D eigenvalue weighted by molar-refractivity contribution is 5.91. The molecule has 0 saturated carbocycles. The third kappa shape index (κ3) is 5.67. The van der Waals surface area contributed by atoms with Crippen molar-refractivity contribution >= 4 is 30.2 Å². The molecule has 8 nitrogen and oxygen atoms in total. The second kappa shape index (κ2) is 9.72. The first-order valence-corrected chi connectivity index (χ1v) is 8.91. The minimum atomic E-state index is -0.0567. The van der Waals surface area contributed by atoms with E-state index < -0.39 is 0 Å². The average molecular weight is 371 g/mol. The molecule has 2 amide bonds. The summed E-state index contributed by atoms with van der Waals surface area (Å²) >= 11 is 0. The van der Waals surface area contributed by atoms with E-state index >= 15 is 0 Å². The number of hydrogen-bond acceptors (Lipinski definition) is 5. The fourth-order valence-corrected chi connectivity index (χ4v) is 3.27. The molecule has 0 aliphatic carbocycles. The molecule has 3 heterocycles. The Hall–Kier alpha value is -1.67. The largest absolute Gasteiger partial charge is 0.341 e. The van der Waals surface area contributed by atoms with Crippen LogP contribution in [0.2, 0.25) is 0 Å². The third-order valence-corrected chi connectivity index (χ3v) is 4.70. The molecule has 1 unspecified atom stereocenters. The van der Waals surface area contributed by atoms with Gasteiger partial charge in [-0.05, 0) is 32.2 Å². The van der Waals surface area contributed by atoms with Crippen molar-refractivity contribution in [2.75, 3.05) is 31.5 Å². The topological polar surface area (TPSA) is 92.2 Å². The highest BCUT2D eigenvalue weighted by Crippen LogP contribution is 2.12. The Balaban J connectivity index is 0.00000225. The Kier molecular flexibility index (Phi) is 7.64. The van der Waals surface area contributed by atoms with Crippen molar-refractivity contribution in [3.63, 3.8) is 0 Å². The van der Waals surface area contributed by atoms with Crippen molar-refractivity contribution in [1.29, 1.82) is 0 Å². The highest BCUT2D eigenvalue weighted by Gasteiger charge is 2.22. The normalized spacial score (nSPS) is 21.1. The third-order valence-electron chi connectivity index (χ3n) is 4.70. The van der Waals surface area contributed by atoms with E-state index in [-0.39, 0.29) is 42.6 Å². The summed E-state index contributed by atoms with van der Waals surface area (Å²) in [5.41, 5.74) is 0. The van der Waals surface area contributed by atoms with Crippen molar-refractivity contribution in [2.24, 2.45) is 5.92 Å². The summed E-state index contributed by atoms with van der Waals surface area (Å²) < 4.78 is 1.50. The van der Waals surface area contributed by atoms with Crippen LogP contribution in [0.3, 0.4) is 0 Å². The van der Waals surface area contributed by atoms with E-state index in [0.717, 1.165) is 45.3 Å². The number of hydrogen-bond donors (Lipinski definition) is 2. The molecular formula is C16H27ClN6O2. The molecule has 3 rings (SSSR count). The van der Waals surface area contributed by atoms with Gasteiger partial charge in [-0.1, -0.05) is 12.8 Å². The number of piperidine rings is 1. The number of amides is 2. The van der Waals surface area contributed by atoms with Crippen molar-refractivity contribution < 1.29 is 9.59 Å². The SMILES string of the molecule is Cl.O=C(Nc1ncn(CC(=O)N2CCCCCC2)n1)C1CCCNC1. The van der Waals surface area contributed by atoms with Crippen LogP contribution in [0.15, 0.2) is 6.33 Å². The molecule has 2 aliphatic rings. The van der Waals surface area contributed by atoms with Gasteiger partial charge in [-0.15, -0.1) is 17.5 Å². The van der Waals surface area contributed by atoms with Crippen molar-refractivity contribution in [3.8, 4) is 0 Å². The van der Waals surface area contributed by atoms with E-state index in [0.29, 0.717) is 6.54 Å². The Bertz CT molecular complexity index is 565. The summed E-state index contributed by atoms with van der Waals surface area (Å²) in [4.78, 5) is 30.5. The first kappa shape index (κ1) is 19.7. The molecule has 0 spiro atoms. The van der Waals surface area contributed by atoms with Gasteiger partial charge in [0.15, 0.2) is 0 Å².